The first kappa shape index (κ1) is 21.8. The highest BCUT2D eigenvalue weighted by Crippen LogP contribution is 2.29. The zero-order valence-corrected chi connectivity index (χ0v) is 16.1. The summed E-state index contributed by atoms with van der Waals surface area (Å²) in [5, 5.41) is 6.37. The average Bonchev–Trinajstić information content (AvgIpc) is 2.74. The van der Waals surface area contributed by atoms with Gasteiger partial charge in [0.2, 0.25) is 0 Å². The van der Waals surface area contributed by atoms with E-state index >= 15 is 0 Å². The molecule has 31 heavy (non-hydrogen) atoms. The van der Waals surface area contributed by atoms with E-state index in [4.69, 9.17) is 4.74 Å². The predicted molar refractivity (Wildman–Crippen MR) is 105 cm³/mol. The average molecular weight is 431 g/mol. The minimum atomic E-state index is -4.54. The fraction of sp³-hybridized carbons (Fsp3) is 0.143. The number of alkyl halides is 3. The van der Waals surface area contributed by atoms with Crippen molar-refractivity contribution in [3.63, 3.8) is 0 Å². The number of nitrogens with zero attached hydrogens (tertiary/aromatic N) is 2. The summed E-state index contributed by atoms with van der Waals surface area (Å²) in [5.74, 6) is -1.70. The van der Waals surface area contributed by atoms with E-state index in [2.05, 4.69) is 10.4 Å². The topological polar surface area (TPSA) is 90.3 Å². The van der Waals surface area contributed by atoms with Crippen molar-refractivity contribution >= 4 is 17.6 Å². The minimum absolute atomic E-state index is 0.0251. The molecule has 0 fully saturated rings. The van der Waals surface area contributed by atoms with Crippen LogP contribution in [0.3, 0.4) is 0 Å². The molecule has 0 bridgehead atoms. The molecule has 0 aliphatic carbocycles. The van der Waals surface area contributed by atoms with E-state index < -0.39 is 29.2 Å². The summed E-state index contributed by atoms with van der Waals surface area (Å²) in [4.78, 5) is 37.4. The number of ether oxygens (including phenoxy) is 1. The van der Waals surface area contributed by atoms with Crippen LogP contribution >= 0.6 is 0 Å². The number of benzene rings is 2. The lowest BCUT2D eigenvalue weighted by molar-refractivity contribution is -0.137. The molecule has 3 aromatic rings. The van der Waals surface area contributed by atoms with Gasteiger partial charge < -0.3 is 10.1 Å². The van der Waals surface area contributed by atoms with Crippen molar-refractivity contribution in [1.29, 1.82) is 0 Å². The van der Waals surface area contributed by atoms with Gasteiger partial charge >= 0.3 is 12.1 Å². The van der Waals surface area contributed by atoms with E-state index in [1.54, 1.807) is 37.3 Å². The van der Waals surface area contributed by atoms with Crippen LogP contribution in [0.4, 0.5) is 18.9 Å². The van der Waals surface area contributed by atoms with Gasteiger partial charge in [-0.3, -0.25) is 9.59 Å². The van der Waals surface area contributed by atoms with E-state index in [0.717, 1.165) is 35.0 Å². The van der Waals surface area contributed by atoms with Crippen LogP contribution in [0.5, 0.6) is 0 Å². The van der Waals surface area contributed by atoms with Gasteiger partial charge in [0, 0.05) is 11.6 Å². The molecule has 1 N–H and O–H groups in total. The number of aromatic nitrogens is 2. The number of rotatable bonds is 5. The molecule has 0 unspecified atom stereocenters. The molecular formula is C21H16F3N3O4. The van der Waals surface area contributed by atoms with E-state index in [1.807, 2.05) is 0 Å². The summed E-state index contributed by atoms with van der Waals surface area (Å²) in [5.41, 5.74) is -1.81. The first-order valence-electron chi connectivity index (χ1n) is 9.06. The maximum absolute atomic E-state index is 12.7. The van der Waals surface area contributed by atoms with Gasteiger partial charge in [-0.2, -0.15) is 23.0 Å². The molecule has 0 spiro atoms. The number of esters is 1. The largest absolute Gasteiger partial charge is 0.461 e. The van der Waals surface area contributed by atoms with E-state index in [0.29, 0.717) is 5.69 Å². The maximum Gasteiger partial charge on any atom is 0.416 e. The molecule has 0 aliphatic rings. The lowest BCUT2D eigenvalue weighted by Gasteiger charge is -2.13. The van der Waals surface area contributed by atoms with Crippen LogP contribution in [0, 0.1) is 0 Å². The highest BCUT2D eigenvalue weighted by atomic mass is 19.4. The van der Waals surface area contributed by atoms with Crippen molar-refractivity contribution in [3.05, 3.63) is 87.8 Å². The number of amides is 1. The molecule has 3 rings (SSSR count). The fourth-order valence-corrected chi connectivity index (χ4v) is 2.66. The van der Waals surface area contributed by atoms with Crippen molar-refractivity contribution in [1.82, 2.24) is 9.78 Å². The zero-order valence-electron chi connectivity index (χ0n) is 16.1. The Bertz CT molecular complexity index is 1160. The molecule has 0 aliphatic heterocycles. The van der Waals surface area contributed by atoms with Gasteiger partial charge in [-0.1, -0.05) is 18.2 Å². The second-order valence-electron chi connectivity index (χ2n) is 6.24. The Kier molecular flexibility index (Phi) is 6.19. The van der Waals surface area contributed by atoms with Crippen molar-refractivity contribution in [2.45, 2.75) is 13.1 Å². The fourth-order valence-electron chi connectivity index (χ4n) is 2.66. The summed E-state index contributed by atoms with van der Waals surface area (Å²) >= 11 is 0. The lowest BCUT2D eigenvalue weighted by Crippen LogP contribution is -2.27. The van der Waals surface area contributed by atoms with Crippen molar-refractivity contribution in [3.8, 4) is 5.69 Å². The van der Waals surface area contributed by atoms with Crippen LogP contribution < -0.4 is 10.9 Å². The van der Waals surface area contributed by atoms with Crippen molar-refractivity contribution in [2.24, 2.45) is 0 Å². The van der Waals surface area contributed by atoms with Gasteiger partial charge in [-0.25, -0.2) is 4.79 Å². The SMILES string of the molecule is CCOC(=O)c1nn(-c2ccccc2)c(=O)cc1NC(=O)c1ccc(C(F)(F)F)cc1. The van der Waals surface area contributed by atoms with Crippen LogP contribution in [0.1, 0.15) is 33.3 Å². The van der Waals surface area contributed by atoms with Gasteiger partial charge in [0.15, 0.2) is 5.69 Å². The van der Waals surface area contributed by atoms with Crippen molar-refractivity contribution in [2.75, 3.05) is 11.9 Å². The summed E-state index contributed by atoms with van der Waals surface area (Å²) in [6.07, 6.45) is -4.54. The molecule has 1 aromatic heterocycles. The number of carbonyl (C=O) groups excluding carboxylic acids is 2. The maximum atomic E-state index is 12.7. The smallest absolute Gasteiger partial charge is 0.416 e. The second-order valence-corrected chi connectivity index (χ2v) is 6.24. The molecular weight excluding hydrogens is 415 g/mol. The van der Waals surface area contributed by atoms with E-state index in [-0.39, 0.29) is 23.6 Å². The standard InChI is InChI=1S/C21H16F3N3O4/c1-2-31-20(30)18-16(12-17(28)27(26-18)15-6-4-3-5-7-15)25-19(29)13-8-10-14(11-9-13)21(22,23)24/h3-12H,2H2,1H3,(H,25,29). The summed E-state index contributed by atoms with van der Waals surface area (Å²) in [6, 6.07) is 12.8. The van der Waals surface area contributed by atoms with E-state index in [1.165, 1.54) is 0 Å². The molecule has 0 saturated heterocycles. The van der Waals surface area contributed by atoms with Gasteiger partial charge in [0.05, 0.1) is 23.5 Å². The van der Waals surface area contributed by atoms with Crippen LogP contribution in [0.15, 0.2) is 65.5 Å². The Balaban J connectivity index is 1.98. The van der Waals surface area contributed by atoms with E-state index in [9.17, 15) is 27.6 Å². The van der Waals surface area contributed by atoms with Gasteiger partial charge in [-0.05, 0) is 43.3 Å². The number of hydrogen-bond donors (Lipinski definition) is 1. The Hall–Kier alpha value is -3.95. The Morgan fingerprint density at radius 2 is 1.71 bits per heavy atom. The monoisotopic (exact) mass is 431 g/mol. The third kappa shape index (κ3) is 4.97. The molecule has 0 radical (unpaired) electrons. The van der Waals surface area contributed by atoms with Crippen molar-refractivity contribution < 1.29 is 27.5 Å². The highest BCUT2D eigenvalue weighted by molar-refractivity contribution is 6.07. The number of para-hydroxylation sites is 1. The number of nitrogens with one attached hydrogen (secondary N) is 1. The number of carbonyl (C=O) groups is 2. The third-order valence-electron chi connectivity index (χ3n) is 4.12. The zero-order chi connectivity index (χ0) is 22.6. The Morgan fingerprint density at radius 3 is 2.29 bits per heavy atom. The van der Waals surface area contributed by atoms with Crippen LogP contribution in [-0.4, -0.2) is 28.3 Å². The Morgan fingerprint density at radius 1 is 1.06 bits per heavy atom. The molecule has 7 nitrogen and oxygen atoms in total. The number of hydrogen-bond acceptors (Lipinski definition) is 5. The van der Waals surface area contributed by atoms with Crippen LogP contribution in [-0.2, 0) is 10.9 Å². The molecule has 0 saturated carbocycles. The predicted octanol–water partition coefficient (Wildman–Crippen LogP) is 3.68. The first-order valence-corrected chi connectivity index (χ1v) is 9.06. The van der Waals surface area contributed by atoms with Gasteiger partial charge in [0.25, 0.3) is 11.5 Å². The quantitative estimate of drug-likeness (QED) is 0.623. The molecule has 10 heteroatoms. The molecule has 160 valence electrons. The molecule has 0 atom stereocenters. The highest BCUT2D eigenvalue weighted by Gasteiger charge is 2.30. The molecule has 1 heterocycles. The summed E-state index contributed by atoms with van der Waals surface area (Å²) in [6.45, 7) is 1.60. The number of halogens is 3. The summed E-state index contributed by atoms with van der Waals surface area (Å²) < 4.78 is 44.0. The molecule has 1 amide bonds. The van der Waals surface area contributed by atoms with Crippen LogP contribution in [0.25, 0.3) is 5.69 Å². The minimum Gasteiger partial charge on any atom is -0.461 e. The van der Waals surface area contributed by atoms with Gasteiger partial charge in [-0.15, -0.1) is 0 Å². The normalized spacial score (nSPS) is 11.1. The third-order valence-corrected chi connectivity index (χ3v) is 4.12. The van der Waals surface area contributed by atoms with Crippen LogP contribution in [0.2, 0.25) is 0 Å². The first-order chi connectivity index (χ1) is 14.7. The van der Waals surface area contributed by atoms with Gasteiger partial charge in [0.1, 0.15) is 0 Å². The summed E-state index contributed by atoms with van der Waals surface area (Å²) in [7, 11) is 0. The molecule has 2 aromatic carbocycles. The number of anilines is 1. The second kappa shape index (κ2) is 8.82. The Labute approximate surface area is 174 Å². The lowest BCUT2D eigenvalue weighted by atomic mass is 10.1.